The summed E-state index contributed by atoms with van der Waals surface area (Å²) in [5.74, 6) is -6.02. The average Bonchev–Trinajstić information content (AvgIpc) is 2.13. The van der Waals surface area contributed by atoms with Gasteiger partial charge in [-0.05, 0) is 12.2 Å². The van der Waals surface area contributed by atoms with E-state index in [0.717, 1.165) is 13.8 Å². The monoisotopic (exact) mass is 315 g/mol. The molecule has 11 heteroatoms. The molecule has 0 atom stereocenters. The van der Waals surface area contributed by atoms with Gasteiger partial charge in [-0.15, -0.1) is 11.5 Å². The Morgan fingerprint density at radius 2 is 0.952 bits per heavy atom. The molecule has 0 aromatic rings. The molecule has 0 saturated carbocycles. The van der Waals surface area contributed by atoms with Gasteiger partial charge in [0.2, 0.25) is 0 Å². The predicted molar refractivity (Wildman–Crippen MR) is 55.4 cm³/mol. The van der Waals surface area contributed by atoms with E-state index >= 15 is 0 Å². The van der Waals surface area contributed by atoms with Crippen molar-refractivity contribution in [3.05, 3.63) is 23.7 Å². The summed E-state index contributed by atoms with van der Waals surface area (Å²) in [4.78, 5) is 19.7. The number of carbonyl (C=O) groups excluding carboxylic acids is 2. The van der Waals surface area contributed by atoms with Crippen molar-refractivity contribution in [2.75, 3.05) is 0 Å². The Labute approximate surface area is 119 Å². The predicted octanol–water partition coefficient (Wildman–Crippen LogP) is 0.383. The van der Waals surface area contributed by atoms with Gasteiger partial charge in [-0.2, -0.15) is 26.3 Å². The molecule has 0 aliphatic heterocycles. The van der Waals surface area contributed by atoms with Crippen molar-refractivity contribution in [2.24, 2.45) is 0 Å². The van der Waals surface area contributed by atoms with Gasteiger partial charge in [0.05, 0.1) is 0 Å². The van der Waals surface area contributed by atoms with Crippen LogP contribution in [0.4, 0.5) is 26.3 Å². The Morgan fingerprint density at radius 3 is 1.00 bits per heavy atom. The van der Waals surface area contributed by atoms with E-state index in [2.05, 4.69) is 0 Å². The van der Waals surface area contributed by atoms with Crippen LogP contribution in [0.25, 0.3) is 0 Å². The molecule has 0 aromatic heterocycles. The van der Waals surface area contributed by atoms with Crippen LogP contribution in [-0.4, -0.2) is 34.0 Å². The van der Waals surface area contributed by atoms with E-state index < -0.39 is 35.4 Å². The van der Waals surface area contributed by atoms with Crippen molar-refractivity contribution in [3.8, 4) is 0 Å². The standard InChI is InChI=1S/2C5H5F3O2.Be/c2*1-3(9)2-4(10)5(6,7)8;/h2*2,9H,1H3;/q;;+2/p-2/b2*3-2-;. The molecule has 0 saturated heterocycles. The van der Waals surface area contributed by atoms with E-state index in [1.165, 1.54) is 0 Å². The maximum absolute atomic E-state index is 11.3. The number of allylic oxidation sites excluding steroid dienone is 4. The van der Waals surface area contributed by atoms with Crippen LogP contribution in [-0.2, 0) is 9.59 Å². The summed E-state index contributed by atoms with van der Waals surface area (Å²) < 4.78 is 67.7. The maximum atomic E-state index is 11.3. The summed E-state index contributed by atoms with van der Waals surface area (Å²) in [6, 6.07) is 0. The van der Waals surface area contributed by atoms with Crippen LogP contribution in [0.15, 0.2) is 23.7 Å². The van der Waals surface area contributed by atoms with Crippen molar-refractivity contribution in [1.29, 1.82) is 0 Å². The minimum atomic E-state index is -4.92. The molecule has 0 aromatic carbocycles. The first kappa shape index (κ1) is 24.2. The Kier molecular flexibility index (Phi) is 10.6. The van der Waals surface area contributed by atoms with Gasteiger partial charge in [-0.3, -0.25) is 9.59 Å². The van der Waals surface area contributed by atoms with Gasteiger partial charge in [0.15, 0.2) is 0 Å². The molecule has 0 fully saturated rings. The van der Waals surface area contributed by atoms with Crippen molar-refractivity contribution >= 4 is 21.7 Å². The van der Waals surface area contributed by atoms with Gasteiger partial charge in [0.25, 0.3) is 11.6 Å². The zero-order valence-corrected chi connectivity index (χ0v) is 10.8. The molecule has 0 unspecified atom stereocenters. The van der Waals surface area contributed by atoms with Crippen LogP contribution < -0.4 is 10.2 Å². The first-order valence-corrected chi connectivity index (χ1v) is 4.61. The fraction of sp³-hybridized carbons (Fsp3) is 0.400. The molecule has 0 radical (unpaired) electrons. The van der Waals surface area contributed by atoms with E-state index in [9.17, 15) is 46.1 Å². The Hall–Kier alpha value is -1.83. The van der Waals surface area contributed by atoms with Crippen LogP contribution >= 0.6 is 0 Å². The number of halogens is 6. The fourth-order valence-electron chi connectivity index (χ4n) is 0.533. The third kappa shape index (κ3) is 14.4. The summed E-state index contributed by atoms with van der Waals surface area (Å²) in [7, 11) is 0. The Morgan fingerprint density at radius 1 is 0.762 bits per heavy atom. The van der Waals surface area contributed by atoms with Gasteiger partial charge < -0.3 is 10.2 Å². The summed E-state index contributed by atoms with van der Waals surface area (Å²) in [6.45, 7) is 1.76. The molecule has 21 heavy (non-hydrogen) atoms. The van der Waals surface area contributed by atoms with Gasteiger partial charge >= 0.3 is 22.5 Å². The third-order valence-corrected chi connectivity index (χ3v) is 1.23. The van der Waals surface area contributed by atoms with E-state index in [1.807, 2.05) is 0 Å². The van der Waals surface area contributed by atoms with Crippen LogP contribution in [0.3, 0.4) is 0 Å². The number of hydrogen-bond donors (Lipinski definition) is 0. The number of carbonyl (C=O) groups is 2. The quantitative estimate of drug-likeness (QED) is 0.319. The molecule has 0 N–H and O–H groups in total. The second-order valence-electron chi connectivity index (χ2n) is 3.23. The molecular formula is C10H8BeF6O4. The molecule has 116 valence electrons. The number of hydrogen-bond acceptors (Lipinski definition) is 4. The van der Waals surface area contributed by atoms with E-state index in [-0.39, 0.29) is 22.3 Å². The van der Waals surface area contributed by atoms with Crippen LogP contribution in [0.1, 0.15) is 13.8 Å². The van der Waals surface area contributed by atoms with Crippen LogP contribution in [0.5, 0.6) is 0 Å². The first-order valence-electron chi connectivity index (χ1n) is 4.61. The van der Waals surface area contributed by atoms with E-state index in [1.54, 1.807) is 0 Å². The molecule has 0 spiro atoms. The number of rotatable bonds is 2. The minimum Gasteiger partial charge on any atom is -0.876 e. The molecule has 0 rings (SSSR count). The second-order valence-corrected chi connectivity index (χ2v) is 3.23. The van der Waals surface area contributed by atoms with Crippen LogP contribution in [0.2, 0.25) is 0 Å². The molecular weight excluding hydrogens is 307 g/mol. The Balaban J connectivity index is -0.000000295. The SMILES string of the molecule is C/C([O-])=C/C(=O)C(F)(F)F.C/C([O-])=C/C(=O)C(F)(F)F.[Be+2]. The summed E-state index contributed by atoms with van der Waals surface area (Å²) in [6.07, 6.45) is -9.82. The van der Waals surface area contributed by atoms with E-state index in [4.69, 9.17) is 0 Å². The molecule has 0 amide bonds. The maximum Gasteiger partial charge on any atom is 2.00 e. The van der Waals surface area contributed by atoms with Crippen molar-refractivity contribution in [2.45, 2.75) is 26.2 Å². The molecule has 0 aliphatic carbocycles. The first-order chi connectivity index (χ1) is 8.67. The molecule has 0 bridgehead atoms. The summed E-state index contributed by atoms with van der Waals surface area (Å²) in [5, 5.41) is 19.8. The topological polar surface area (TPSA) is 80.3 Å². The molecule has 0 heterocycles. The fourth-order valence-corrected chi connectivity index (χ4v) is 0.533. The number of ketones is 2. The molecule has 4 nitrogen and oxygen atoms in total. The normalized spacial score (nSPS) is 12.8. The Bertz CT molecular complexity index is 374. The van der Waals surface area contributed by atoms with Crippen molar-refractivity contribution < 1.29 is 46.1 Å². The zero-order valence-electron chi connectivity index (χ0n) is 10.8. The third-order valence-electron chi connectivity index (χ3n) is 1.23. The average molecular weight is 315 g/mol. The van der Waals surface area contributed by atoms with Crippen LogP contribution in [0, 0.1) is 0 Å². The van der Waals surface area contributed by atoms with Gasteiger partial charge in [0, 0.05) is 0 Å². The summed E-state index contributed by atoms with van der Waals surface area (Å²) in [5.41, 5.74) is 0. The summed E-state index contributed by atoms with van der Waals surface area (Å²) >= 11 is 0. The minimum absolute atomic E-state index is 0. The van der Waals surface area contributed by atoms with Crippen molar-refractivity contribution in [3.63, 3.8) is 0 Å². The van der Waals surface area contributed by atoms with Gasteiger partial charge in [0.1, 0.15) is 0 Å². The smallest absolute Gasteiger partial charge is 0.876 e. The van der Waals surface area contributed by atoms with Crippen molar-refractivity contribution in [1.82, 2.24) is 0 Å². The number of alkyl halides is 6. The van der Waals surface area contributed by atoms with Gasteiger partial charge in [-0.25, -0.2) is 0 Å². The zero-order chi connectivity index (χ0) is 16.7. The largest absolute Gasteiger partial charge is 2.00 e. The second kappa shape index (κ2) is 9.17. The van der Waals surface area contributed by atoms with E-state index in [0.29, 0.717) is 0 Å². The molecule has 0 aliphatic rings. The van der Waals surface area contributed by atoms with Gasteiger partial charge in [-0.1, -0.05) is 13.8 Å².